The minimum Gasteiger partial charge on any atom is -0.493 e. The van der Waals surface area contributed by atoms with E-state index in [-0.39, 0.29) is 17.5 Å². The number of nitrogens with zero attached hydrogens (tertiary/aromatic N) is 2. The second-order valence-electron chi connectivity index (χ2n) is 16.5. The molecular weight excluding hydrogens is 892 g/mol. The summed E-state index contributed by atoms with van der Waals surface area (Å²) in [6.07, 6.45) is 5.03. The van der Waals surface area contributed by atoms with Gasteiger partial charge in [-0.15, -0.1) is 0 Å². The summed E-state index contributed by atoms with van der Waals surface area (Å²) < 4.78 is 33.4. The predicted octanol–water partition coefficient (Wildman–Crippen LogP) is 10.3. The van der Waals surface area contributed by atoms with Gasteiger partial charge in [0.15, 0.2) is 23.0 Å². The van der Waals surface area contributed by atoms with Crippen LogP contribution >= 0.6 is 11.6 Å². The molecule has 2 fully saturated rings. The van der Waals surface area contributed by atoms with E-state index >= 15 is 0 Å². The molecule has 0 spiro atoms. The minimum absolute atomic E-state index is 0.143. The molecule has 2 aliphatic heterocycles. The van der Waals surface area contributed by atoms with Gasteiger partial charge in [-0.1, -0.05) is 121 Å². The average molecular weight is 958 g/mol. The molecule has 6 aromatic carbocycles. The van der Waals surface area contributed by atoms with Crippen LogP contribution in [0.15, 0.2) is 146 Å². The van der Waals surface area contributed by atoms with Gasteiger partial charge in [-0.2, -0.15) is 0 Å². The van der Waals surface area contributed by atoms with Crippen LogP contribution in [0.25, 0.3) is 0 Å². The SMILES string of the molecule is COc1cc(C(=O)Cl)cc(OC)c1OCc1ccccc1.COc1cc(C(=O)NCC(c2ccccc2)N2CCCC2)cc(OC)c1OCc1ccccc1.NCC(c1ccccc1)N1CCCC1. The van der Waals surface area contributed by atoms with E-state index in [4.69, 9.17) is 45.8 Å². The number of nitrogens with two attached hydrogens (primary N) is 1. The first-order valence-electron chi connectivity index (χ1n) is 23.4. The molecule has 69 heavy (non-hydrogen) atoms. The van der Waals surface area contributed by atoms with Crippen molar-refractivity contribution >= 4 is 22.8 Å². The fourth-order valence-electron chi connectivity index (χ4n) is 8.45. The molecule has 8 rings (SSSR count). The van der Waals surface area contributed by atoms with Gasteiger partial charge in [0, 0.05) is 30.3 Å². The number of amides is 1. The Morgan fingerprint density at radius 2 is 0.884 bits per heavy atom. The van der Waals surface area contributed by atoms with Crippen LogP contribution < -0.4 is 39.5 Å². The summed E-state index contributed by atoms with van der Waals surface area (Å²) in [7, 11) is 6.11. The van der Waals surface area contributed by atoms with E-state index in [1.165, 1.54) is 76.3 Å². The Bertz CT molecular complexity index is 2420. The molecule has 2 atom stereocenters. The second-order valence-corrected chi connectivity index (χ2v) is 16.9. The molecule has 0 bridgehead atoms. The van der Waals surface area contributed by atoms with E-state index in [0.717, 1.165) is 30.8 Å². The Hall–Kier alpha value is -6.57. The van der Waals surface area contributed by atoms with Crippen LogP contribution in [-0.4, -0.2) is 88.7 Å². The van der Waals surface area contributed by atoms with Crippen molar-refractivity contribution in [3.05, 3.63) is 179 Å². The lowest BCUT2D eigenvalue weighted by atomic mass is 10.1. The highest BCUT2D eigenvalue weighted by Gasteiger charge is 2.26. The van der Waals surface area contributed by atoms with Crippen molar-refractivity contribution < 1.29 is 38.0 Å². The number of halogens is 1. The van der Waals surface area contributed by atoms with Gasteiger partial charge < -0.3 is 39.5 Å². The standard InChI is InChI=1S/C28H32N2O4.C16H15ClO4.C12H18N2/c1-32-25-17-23(18-26(33-2)27(25)34-20-21-11-5-3-6-12-21)28(31)29-19-24(30-15-9-10-16-30)22-13-7-4-8-14-22;1-19-13-8-12(16(17)18)9-14(20-2)15(13)21-10-11-6-4-3-5-7-11;13-10-12(14-8-4-5-9-14)11-6-2-1-3-7-11/h3-8,11-14,17-18,24H,9-10,15-16,19-20H2,1-2H3,(H,29,31);3-9H,10H2,1-2H3;1-3,6-7,12H,4-5,8-10,13H2. The van der Waals surface area contributed by atoms with Gasteiger partial charge in [-0.3, -0.25) is 19.4 Å². The third-order valence-corrected chi connectivity index (χ3v) is 12.3. The summed E-state index contributed by atoms with van der Waals surface area (Å²) in [6, 6.07) is 47.6. The lowest BCUT2D eigenvalue weighted by molar-refractivity contribution is 0.0936. The van der Waals surface area contributed by atoms with Crippen LogP contribution in [0.3, 0.4) is 0 Å². The number of rotatable bonds is 19. The number of hydrogen-bond donors (Lipinski definition) is 2. The number of carbonyl (C=O) groups is 2. The highest BCUT2D eigenvalue weighted by atomic mass is 35.5. The summed E-state index contributed by atoms with van der Waals surface area (Å²) in [5, 5.41) is 2.54. The fraction of sp³-hybridized carbons (Fsp3) is 0.321. The summed E-state index contributed by atoms with van der Waals surface area (Å²) in [5.41, 5.74) is 11.2. The zero-order chi connectivity index (χ0) is 48.8. The van der Waals surface area contributed by atoms with Crippen molar-refractivity contribution in [2.24, 2.45) is 5.73 Å². The molecule has 364 valence electrons. The maximum Gasteiger partial charge on any atom is 0.252 e. The number of benzene rings is 6. The van der Waals surface area contributed by atoms with Crippen LogP contribution in [0.1, 0.15) is 80.7 Å². The molecule has 2 saturated heterocycles. The Morgan fingerprint density at radius 1 is 0.536 bits per heavy atom. The number of carbonyl (C=O) groups excluding carboxylic acids is 2. The first-order chi connectivity index (χ1) is 33.8. The third kappa shape index (κ3) is 15.0. The number of likely N-dealkylation sites (tertiary alicyclic amines) is 2. The lowest BCUT2D eigenvalue weighted by Crippen LogP contribution is -2.36. The van der Waals surface area contributed by atoms with Crippen LogP contribution in [0.5, 0.6) is 34.5 Å². The largest absolute Gasteiger partial charge is 0.493 e. The van der Waals surface area contributed by atoms with E-state index in [2.05, 4.69) is 57.6 Å². The maximum atomic E-state index is 13.1. The Labute approximate surface area is 412 Å². The fourth-order valence-corrected chi connectivity index (χ4v) is 8.56. The first-order valence-corrected chi connectivity index (χ1v) is 23.8. The molecule has 0 aliphatic carbocycles. The molecule has 3 N–H and O–H groups in total. The van der Waals surface area contributed by atoms with Crippen LogP contribution in [-0.2, 0) is 13.2 Å². The minimum atomic E-state index is -0.582. The van der Waals surface area contributed by atoms with Crippen LogP contribution in [0.4, 0.5) is 0 Å². The average Bonchev–Trinajstić information content (AvgIpc) is 4.15. The molecule has 0 aromatic heterocycles. The van der Waals surface area contributed by atoms with E-state index in [9.17, 15) is 9.59 Å². The molecule has 13 heteroatoms. The maximum absolute atomic E-state index is 13.1. The van der Waals surface area contributed by atoms with Gasteiger partial charge in [0.05, 0.1) is 34.5 Å². The van der Waals surface area contributed by atoms with E-state index < -0.39 is 5.24 Å². The molecule has 2 heterocycles. The number of hydrogen-bond acceptors (Lipinski definition) is 11. The van der Waals surface area contributed by atoms with E-state index in [0.29, 0.717) is 65.9 Å². The quantitative estimate of drug-likeness (QED) is 0.0752. The molecule has 0 radical (unpaired) electrons. The molecule has 1 amide bonds. The van der Waals surface area contributed by atoms with E-state index in [1.807, 2.05) is 78.9 Å². The van der Waals surface area contributed by atoms with Gasteiger partial charge in [-0.05, 0) is 110 Å². The molecule has 0 saturated carbocycles. The number of methoxy groups -OCH3 is 4. The molecule has 2 unspecified atom stereocenters. The monoisotopic (exact) mass is 956 g/mol. The van der Waals surface area contributed by atoms with E-state index in [1.54, 1.807) is 26.4 Å². The van der Waals surface area contributed by atoms with Crippen molar-refractivity contribution in [3.8, 4) is 34.5 Å². The molecular formula is C56H65ClN4O8. The smallest absolute Gasteiger partial charge is 0.252 e. The number of ether oxygens (including phenoxy) is 6. The lowest BCUT2D eigenvalue weighted by Gasteiger charge is -2.28. The van der Waals surface area contributed by atoms with Crippen molar-refractivity contribution in [3.63, 3.8) is 0 Å². The Morgan fingerprint density at radius 3 is 1.25 bits per heavy atom. The van der Waals surface area contributed by atoms with Crippen molar-refractivity contribution in [1.29, 1.82) is 0 Å². The van der Waals surface area contributed by atoms with Gasteiger partial charge in [0.1, 0.15) is 13.2 Å². The summed E-state index contributed by atoms with van der Waals surface area (Å²) in [6.45, 7) is 6.49. The van der Waals surface area contributed by atoms with Crippen molar-refractivity contribution in [2.75, 3.05) is 67.7 Å². The normalized spacial score (nSPS) is 14.2. The van der Waals surface area contributed by atoms with Gasteiger partial charge >= 0.3 is 0 Å². The third-order valence-electron chi connectivity index (χ3n) is 12.1. The summed E-state index contributed by atoms with van der Waals surface area (Å²) in [5.74, 6) is 2.45. The van der Waals surface area contributed by atoms with Crippen LogP contribution in [0.2, 0.25) is 0 Å². The van der Waals surface area contributed by atoms with Gasteiger partial charge in [0.2, 0.25) is 11.5 Å². The van der Waals surface area contributed by atoms with Crippen LogP contribution in [0, 0.1) is 0 Å². The molecule has 12 nitrogen and oxygen atoms in total. The predicted molar refractivity (Wildman–Crippen MR) is 272 cm³/mol. The zero-order valence-electron chi connectivity index (χ0n) is 40.1. The molecule has 6 aromatic rings. The van der Waals surface area contributed by atoms with Crippen molar-refractivity contribution in [2.45, 2.75) is 51.0 Å². The highest BCUT2D eigenvalue weighted by Crippen LogP contribution is 2.40. The van der Waals surface area contributed by atoms with Crippen molar-refractivity contribution in [1.82, 2.24) is 15.1 Å². The summed E-state index contributed by atoms with van der Waals surface area (Å²) in [4.78, 5) is 29.4. The molecule has 2 aliphatic rings. The first kappa shape index (κ1) is 51.8. The second kappa shape index (κ2) is 27.4. The zero-order valence-corrected chi connectivity index (χ0v) is 40.9. The van der Waals surface area contributed by atoms with Gasteiger partial charge in [0.25, 0.3) is 11.1 Å². The topological polar surface area (TPSA) is 134 Å². The number of nitrogens with one attached hydrogen (secondary N) is 1. The summed E-state index contributed by atoms with van der Waals surface area (Å²) >= 11 is 5.50. The highest BCUT2D eigenvalue weighted by molar-refractivity contribution is 6.67. The van der Waals surface area contributed by atoms with Gasteiger partial charge in [-0.25, -0.2) is 0 Å². The Kier molecular flexibility index (Phi) is 20.6. The Balaban J connectivity index is 0.000000189.